The summed E-state index contributed by atoms with van der Waals surface area (Å²) < 4.78 is 9.98. The van der Waals surface area contributed by atoms with Crippen LogP contribution < -0.4 is 9.64 Å². The van der Waals surface area contributed by atoms with Gasteiger partial charge in [0.2, 0.25) is 0 Å². The summed E-state index contributed by atoms with van der Waals surface area (Å²) >= 11 is 0. The molecule has 222 valence electrons. The number of piperazine rings is 2. The van der Waals surface area contributed by atoms with Gasteiger partial charge >= 0.3 is 0 Å². The molecule has 0 spiro atoms. The number of pyridine rings is 2. The van der Waals surface area contributed by atoms with E-state index in [1.165, 1.54) is 24.1 Å². The molecule has 11 nitrogen and oxygen atoms in total. The number of ether oxygens (including phenoxy) is 1. The molecule has 6 aliphatic heterocycles. The van der Waals surface area contributed by atoms with Gasteiger partial charge < -0.3 is 9.64 Å². The maximum Gasteiger partial charge on any atom is 0.138 e. The Bertz CT molecular complexity index is 1680. The fraction of sp³-hybridized carbons (Fsp3) is 0.500. The molecule has 6 aliphatic rings. The van der Waals surface area contributed by atoms with E-state index in [4.69, 9.17) is 9.72 Å². The second-order valence-corrected chi connectivity index (χ2v) is 12.8. The van der Waals surface area contributed by atoms with Crippen LogP contribution in [0, 0.1) is 18.3 Å². The van der Waals surface area contributed by atoms with E-state index in [2.05, 4.69) is 62.0 Å². The molecule has 6 fully saturated rings. The molecule has 4 atom stereocenters. The summed E-state index contributed by atoms with van der Waals surface area (Å²) in [7, 11) is 4.24. The number of nitriles is 1. The van der Waals surface area contributed by atoms with E-state index in [-0.39, 0.29) is 0 Å². The molecule has 0 N–H and O–H groups in total. The SMILES string of the molecule is Cc1c(CN2C3CC2CN(c2ccc(-c4cc(OCCN5CC6CC(C5)N6C)cn5ncc(C#N)c45)cn2)C3)cnn1C. The monoisotopic (exact) mass is 578 g/mol. The number of aromatic nitrogens is 5. The van der Waals surface area contributed by atoms with Crippen LogP contribution >= 0.6 is 0 Å². The van der Waals surface area contributed by atoms with Crippen LogP contribution in [0.15, 0.2) is 43.0 Å². The predicted octanol–water partition coefficient (Wildman–Crippen LogP) is 2.54. The van der Waals surface area contributed by atoms with Crippen molar-refractivity contribution in [1.82, 2.24) is 39.1 Å². The Labute approximate surface area is 251 Å². The third-order valence-corrected chi connectivity index (χ3v) is 10.4. The molecule has 0 saturated carbocycles. The van der Waals surface area contributed by atoms with Crippen LogP contribution in [-0.4, -0.2) is 110 Å². The molecule has 0 aliphatic carbocycles. The molecule has 43 heavy (non-hydrogen) atoms. The Morgan fingerprint density at radius 3 is 2.44 bits per heavy atom. The van der Waals surface area contributed by atoms with E-state index in [1.807, 2.05) is 36.4 Å². The smallest absolute Gasteiger partial charge is 0.138 e. The summed E-state index contributed by atoms with van der Waals surface area (Å²) in [5.41, 5.74) is 5.74. The number of hydrogen-bond acceptors (Lipinski definition) is 9. The number of likely N-dealkylation sites (N-methyl/N-ethyl adjacent to an activating group) is 1. The maximum absolute atomic E-state index is 9.79. The first kappa shape index (κ1) is 26.6. The molecule has 6 saturated heterocycles. The molecule has 0 amide bonds. The van der Waals surface area contributed by atoms with Crippen molar-refractivity contribution in [2.45, 2.75) is 50.5 Å². The van der Waals surface area contributed by atoms with Crippen LogP contribution in [0.25, 0.3) is 16.6 Å². The minimum absolute atomic E-state index is 0.537. The van der Waals surface area contributed by atoms with Crippen molar-refractivity contribution in [2.24, 2.45) is 7.05 Å². The van der Waals surface area contributed by atoms with Crippen LogP contribution in [0.2, 0.25) is 0 Å². The minimum atomic E-state index is 0.537. The summed E-state index contributed by atoms with van der Waals surface area (Å²) in [4.78, 5) is 14.9. The first-order valence-electron chi connectivity index (χ1n) is 15.4. The number of hydrogen-bond donors (Lipinski definition) is 0. The van der Waals surface area contributed by atoms with E-state index in [9.17, 15) is 5.26 Å². The van der Waals surface area contributed by atoms with E-state index < -0.39 is 0 Å². The van der Waals surface area contributed by atoms with Crippen molar-refractivity contribution in [1.29, 1.82) is 5.26 Å². The van der Waals surface area contributed by atoms with Gasteiger partial charge in [0, 0.05) is 99.1 Å². The van der Waals surface area contributed by atoms with Gasteiger partial charge in [0.05, 0.1) is 29.7 Å². The lowest BCUT2D eigenvalue weighted by atomic mass is 9.87. The highest BCUT2D eigenvalue weighted by molar-refractivity contribution is 5.85. The highest BCUT2D eigenvalue weighted by Crippen LogP contribution is 2.37. The van der Waals surface area contributed by atoms with Gasteiger partial charge in [-0.25, -0.2) is 9.50 Å². The zero-order valence-corrected chi connectivity index (χ0v) is 25.1. The Kier molecular flexibility index (Phi) is 6.40. The molecular weight excluding hydrogens is 540 g/mol. The van der Waals surface area contributed by atoms with Crippen molar-refractivity contribution >= 4 is 11.3 Å². The Hall–Kier alpha value is -3.98. The normalized spacial score (nSPS) is 25.4. The van der Waals surface area contributed by atoms with Gasteiger partial charge in [0.25, 0.3) is 0 Å². The van der Waals surface area contributed by atoms with Gasteiger partial charge in [-0.05, 0) is 45.0 Å². The van der Waals surface area contributed by atoms with Gasteiger partial charge in [0.1, 0.15) is 24.2 Å². The summed E-state index contributed by atoms with van der Waals surface area (Å²) in [6.45, 7) is 8.82. The fourth-order valence-corrected chi connectivity index (χ4v) is 7.60. The molecule has 0 aromatic carbocycles. The van der Waals surface area contributed by atoms with E-state index in [0.29, 0.717) is 36.3 Å². The van der Waals surface area contributed by atoms with Gasteiger partial charge in [-0.15, -0.1) is 0 Å². The van der Waals surface area contributed by atoms with Crippen molar-refractivity contribution in [3.63, 3.8) is 0 Å². The second-order valence-electron chi connectivity index (χ2n) is 12.8. The van der Waals surface area contributed by atoms with E-state index in [0.717, 1.165) is 67.5 Å². The first-order valence-corrected chi connectivity index (χ1v) is 15.4. The lowest BCUT2D eigenvalue weighted by Crippen LogP contribution is -2.68. The molecular formula is C32H38N10O. The molecule has 11 heteroatoms. The molecule has 4 aromatic heterocycles. The largest absolute Gasteiger partial charge is 0.491 e. The number of fused-ring (bicyclic) bond motifs is 5. The average molecular weight is 579 g/mol. The van der Waals surface area contributed by atoms with Crippen LogP contribution in [0.5, 0.6) is 5.75 Å². The second kappa shape index (κ2) is 10.3. The summed E-state index contributed by atoms with van der Waals surface area (Å²) in [5, 5.41) is 18.7. The number of anilines is 1. The Morgan fingerprint density at radius 2 is 1.77 bits per heavy atom. The lowest BCUT2D eigenvalue weighted by molar-refractivity contribution is -0.0529. The number of piperidine rings is 2. The highest BCUT2D eigenvalue weighted by atomic mass is 16.5. The number of nitrogens with zero attached hydrogens (tertiary/aromatic N) is 10. The summed E-state index contributed by atoms with van der Waals surface area (Å²) in [5.74, 6) is 1.75. The Balaban J connectivity index is 0.965. The standard InChI is InChI=1S/C32H38N10O/c1-21-24(14-35-38(21)3)15-41-27-9-28(41)19-40(18-27)31-5-4-22(12-34-31)30-10-29(20-42-32(30)23(11-33)13-36-42)43-7-6-39-16-25-8-26(17-39)37(25)2/h4-5,10,12-14,20,25-28H,6-9,15-19H2,1-3H3. The third kappa shape index (κ3) is 4.56. The number of aryl methyl sites for hydroxylation is 1. The molecule has 0 radical (unpaired) electrons. The van der Waals surface area contributed by atoms with Crippen molar-refractivity contribution in [3.05, 3.63) is 59.8 Å². The third-order valence-electron chi connectivity index (χ3n) is 10.4. The zero-order chi connectivity index (χ0) is 29.2. The predicted molar refractivity (Wildman–Crippen MR) is 163 cm³/mol. The van der Waals surface area contributed by atoms with Gasteiger partial charge in [-0.3, -0.25) is 19.4 Å². The minimum Gasteiger partial charge on any atom is -0.491 e. The van der Waals surface area contributed by atoms with Crippen LogP contribution in [0.1, 0.15) is 29.7 Å². The topological polar surface area (TPSA) is 94.0 Å². The van der Waals surface area contributed by atoms with Gasteiger partial charge in [-0.2, -0.15) is 15.5 Å². The maximum atomic E-state index is 9.79. The van der Waals surface area contributed by atoms with Crippen LogP contribution in [-0.2, 0) is 13.6 Å². The molecule has 10 heterocycles. The Morgan fingerprint density at radius 1 is 0.977 bits per heavy atom. The average Bonchev–Trinajstić information content (AvgIpc) is 3.61. The number of rotatable bonds is 8. The molecule has 4 unspecified atom stereocenters. The summed E-state index contributed by atoms with van der Waals surface area (Å²) in [6.07, 6.45) is 10.0. The molecule has 10 rings (SSSR count). The molecule has 4 bridgehead atoms. The van der Waals surface area contributed by atoms with Crippen LogP contribution in [0.3, 0.4) is 0 Å². The highest BCUT2D eigenvalue weighted by Gasteiger charge is 2.45. The van der Waals surface area contributed by atoms with Gasteiger partial charge in [0.15, 0.2) is 0 Å². The van der Waals surface area contributed by atoms with Crippen molar-refractivity contribution < 1.29 is 4.74 Å². The summed E-state index contributed by atoms with van der Waals surface area (Å²) in [6, 6.07) is 11.0. The quantitative estimate of drug-likeness (QED) is 0.313. The van der Waals surface area contributed by atoms with Crippen molar-refractivity contribution in [2.75, 3.05) is 51.3 Å². The fourth-order valence-electron chi connectivity index (χ4n) is 7.60. The van der Waals surface area contributed by atoms with E-state index in [1.54, 1.807) is 10.7 Å². The lowest BCUT2D eigenvalue weighted by Gasteiger charge is -2.56. The van der Waals surface area contributed by atoms with Crippen molar-refractivity contribution in [3.8, 4) is 22.9 Å². The first-order chi connectivity index (χ1) is 20.9. The molecule has 4 aromatic rings. The van der Waals surface area contributed by atoms with E-state index >= 15 is 0 Å². The van der Waals surface area contributed by atoms with Crippen LogP contribution in [0.4, 0.5) is 5.82 Å². The van der Waals surface area contributed by atoms with Gasteiger partial charge in [-0.1, -0.05) is 0 Å². The zero-order valence-electron chi connectivity index (χ0n) is 25.1.